The number of halogens is 1. The second-order valence-electron chi connectivity index (χ2n) is 4.66. The van der Waals surface area contributed by atoms with E-state index >= 15 is 0 Å². The second kappa shape index (κ2) is 5.73. The van der Waals surface area contributed by atoms with Gasteiger partial charge in [0.1, 0.15) is 6.04 Å². The van der Waals surface area contributed by atoms with Gasteiger partial charge in [-0.05, 0) is 24.6 Å². The van der Waals surface area contributed by atoms with Crippen molar-refractivity contribution in [2.75, 3.05) is 18.6 Å². The van der Waals surface area contributed by atoms with Crippen molar-refractivity contribution >= 4 is 35.0 Å². The number of rotatable bonds is 4. The highest BCUT2D eigenvalue weighted by Gasteiger charge is 2.48. The Morgan fingerprint density at radius 3 is 2.62 bits per heavy atom. The fourth-order valence-electron chi connectivity index (χ4n) is 2.57. The maximum atomic E-state index is 12.1. The Bertz CT molecular complexity index is 615. The number of fused-ring (bicyclic) bond motifs is 1. The first-order chi connectivity index (χ1) is 9.88. The zero-order valence-electron chi connectivity index (χ0n) is 11.5. The Balaban J connectivity index is 2.53. The van der Waals surface area contributed by atoms with E-state index in [0.29, 0.717) is 16.3 Å². The third kappa shape index (κ3) is 2.58. The average Bonchev–Trinajstić information content (AvgIpc) is 2.71. The van der Waals surface area contributed by atoms with Gasteiger partial charge < -0.3 is 14.7 Å². The number of ether oxygens (including phenoxy) is 1. The van der Waals surface area contributed by atoms with Crippen LogP contribution >= 0.6 is 11.6 Å². The van der Waals surface area contributed by atoms with Gasteiger partial charge in [-0.15, -0.1) is 0 Å². The first-order valence-corrected chi connectivity index (χ1v) is 6.72. The monoisotopic (exact) mass is 311 g/mol. The molecule has 2 rings (SSSR count). The van der Waals surface area contributed by atoms with E-state index in [-0.39, 0.29) is 6.61 Å². The third-order valence-electron chi connectivity index (χ3n) is 3.46. The number of esters is 1. The maximum absolute atomic E-state index is 12.1. The molecule has 112 valence electrons. The smallest absolute Gasteiger partial charge is 0.372 e. The lowest BCUT2D eigenvalue weighted by Gasteiger charge is -2.23. The summed E-state index contributed by atoms with van der Waals surface area (Å²) in [7, 11) is 1.60. The Hall–Kier alpha value is -2.08. The zero-order valence-corrected chi connectivity index (χ0v) is 12.3. The molecule has 2 unspecified atom stereocenters. The lowest BCUT2D eigenvalue weighted by atomic mass is 9.90. The minimum absolute atomic E-state index is 0.147. The molecule has 0 bridgehead atoms. The molecule has 1 aromatic rings. The Kier molecular flexibility index (Phi) is 4.18. The van der Waals surface area contributed by atoms with Crippen LogP contribution in [0.5, 0.6) is 0 Å². The van der Waals surface area contributed by atoms with E-state index in [4.69, 9.17) is 21.4 Å². The summed E-state index contributed by atoms with van der Waals surface area (Å²) < 4.78 is 4.96. The SMILES string of the molecule is CCOC(=O)C1C(C(=O)C(=O)O)c2ccc(Cl)cc2N1C. The molecule has 0 amide bonds. The number of hydrogen-bond donors (Lipinski definition) is 1. The predicted molar refractivity (Wildman–Crippen MR) is 75.7 cm³/mol. The van der Waals surface area contributed by atoms with Gasteiger partial charge in [-0.1, -0.05) is 17.7 Å². The van der Waals surface area contributed by atoms with Crippen LogP contribution in [0, 0.1) is 0 Å². The van der Waals surface area contributed by atoms with Gasteiger partial charge >= 0.3 is 11.9 Å². The Morgan fingerprint density at radius 2 is 2.05 bits per heavy atom. The molecule has 1 aliphatic rings. The van der Waals surface area contributed by atoms with Gasteiger partial charge in [-0.25, -0.2) is 9.59 Å². The summed E-state index contributed by atoms with van der Waals surface area (Å²) in [5.74, 6) is -4.35. The minimum Gasteiger partial charge on any atom is -0.475 e. The van der Waals surface area contributed by atoms with Crippen LogP contribution in [0.15, 0.2) is 18.2 Å². The number of carboxylic acids is 1. The summed E-state index contributed by atoms with van der Waals surface area (Å²) in [5.41, 5.74) is 1.02. The van der Waals surface area contributed by atoms with Crippen molar-refractivity contribution in [1.82, 2.24) is 0 Å². The summed E-state index contributed by atoms with van der Waals surface area (Å²) in [4.78, 5) is 36.7. The van der Waals surface area contributed by atoms with Crippen LogP contribution in [-0.4, -0.2) is 42.5 Å². The van der Waals surface area contributed by atoms with Crippen molar-refractivity contribution in [2.24, 2.45) is 0 Å². The third-order valence-corrected chi connectivity index (χ3v) is 3.70. The van der Waals surface area contributed by atoms with Gasteiger partial charge in [0.2, 0.25) is 5.78 Å². The number of carbonyl (C=O) groups excluding carboxylic acids is 2. The van der Waals surface area contributed by atoms with Crippen LogP contribution < -0.4 is 4.90 Å². The van der Waals surface area contributed by atoms with Crippen molar-refractivity contribution in [3.8, 4) is 0 Å². The number of anilines is 1. The Morgan fingerprint density at radius 1 is 1.38 bits per heavy atom. The van der Waals surface area contributed by atoms with E-state index in [1.165, 1.54) is 4.90 Å². The van der Waals surface area contributed by atoms with Gasteiger partial charge in [0.25, 0.3) is 0 Å². The predicted octanol–water partition coefficient (Wildman–Crippen LogP) is 1.46. The van der Waals surface area contributed by atoms with Gasteiger partial charge in [0.15, 0.2) is 0 Å². The van der Waals surface area contributed by atoms with E-state index in [0.717, 1.165) is 0 Å². The van der Waals surface area contributed by atoms with Crippen molar-refractivity contribution in [2.45, 2.75) is 18.9 Å². The highest BCUT2D eigenvalue weighted by atomic mass is 35.5. The van der Waals surface area contributed by atoms with Crippen molar-refractivity contribution in [3.63, 3.8) is 0 Å². The second-order valence-corrected chi connectivity index (χ2v) is 5.09. The van der Waals surface area contributed by atoms with Gasteiger partial charge in [0, 0.05) is 17.8 Å². The van der Waals surface area contributed by atoms with Gasteiger partial charge in [-0.2, -0.15) is 0 Å². The molecule has 1 aliphatic heterocycles. The molecule has 1 heterocycles. The summed E-state index contributed by atoms with van der Waals surface area (Å²) >= 11 is 5.92. The molecule has 0 aliphatic carbocycles. The van der Waals surface area contributed by atoms with Crippen LogP contribution in [0.2, 0.25) is 5.02 Å². The molecule has 0 spiro atoms. The zero-order chi connectivity index (χ0) is 15.7. The van der Waals surface area contributed by atoms with Crippen LogP contribution in [0.1, 0.15) is 18.4 Å². The standard InChI is InChI=1S/C14H14ClNO5/c1-3-21-14(20)11-10(12(17)13(18)19)8-5-4-7(15)6-9(8)16(11)2/h4-6,10-11H,3H2,1-2H3,(H,18,19). The van der Waals surface area contributed by atoms with E-state index in [1.807, 2.05) is 0 Å². The molecule has 0 radical (unpaired) electrons. The van der Waals surface area contributed by atoms with Crippen LogP contribution in [0.4, 0.5) is 5.69 Å². The molecule has 0 saturated carbocycles. The summed E-state index contributed by atoms with van der Waals surface area (Å²) in [6.45, 7) is 1.79. The van der Waals surface area contributed by atoms with Gasteiger partial charge in [0.05, 0.1) is 12.5 Å². The van der Waals surface area contributed by atoms with Crippen molar-refractivity contribution in [3.05, 3.63) is 28.8 Å². The average molecular weight is 312 g/mol. The molecule has 1 N–H and O–H groups in total. The number of carbonyl (C=O) groups is 3. The molecular weight excluding hydrogens is 298 g/mol. The first kappa shape index (κ1) is 15.3. The van der Waals surface area contributed by atoms with Crippen molar-refractivity contribution < 1.29 is 24.2 Å². The first-order valence-electron chi connectivity index (χ1n) is 6.34. The molecule has 21 heavy (non-hydrogen) atoms. The quantitative estimate of drug-likeness (QED) is 0.669. The number of Topliss-reactive ketones (excluding diaryl/α,β-unsaturated/α-hetero) is 1. The molecule has 0 fully saturated rings. The van der Waals surface area contributed by atoms with Crippen LogP contribution in [0.3, 0.4) is 0 Å². The number of hydrogen-bond acceptors (Lipinski definition) is 5. The molecule has 7 heteroatoms. The normalized spacial score (nSPS) is 20.0. The summed E-state index contributed by atoms with van der Waals surface area (Å²) in [5, 5.41) is 9.43. The number of ketones is 1. The number of nitrogens with zero attached hydrogens (tertiary/aromatic N) is 1. The highest BCUT2D eigenvalue weighted by molar-refractivity contribution is 6.36. The largest absolute Gasteiger partial charge is 0.475 e. The highest BCUT2D eigenvalue weighted by Crippen LogP contribution is 2.42. The van der Waals surface area contributed by atoms with Crippen LogP contribution in [-0.2, 0) is 19.1 Å². The van der Waals surface area contributed by atoms with Gasteiger partial charge in [-0.3, -0.25) is 4.79 Å². The van der Waals surface area contributed by atoms with E-state index in [9.17, 15) is 14.4 Å². The van der Waals surface area contributed by atoms with E-state index in [2.05, 4.69) is 0 Å². The molecular formula is C14H14ClNO5. The molecule has 1 aromatic carbocycles. The number of benzene rings is 1. The molecule has 2 atom stereocenters. The lowest BCUT2D eigenvalue weighted by Crippen LogP contribution is -2.43. The topological polar surface area (TPSA) is 83.9 Å². The van der Waals surface area contributed by atoms with Crippen molar-refractivity contribution in [1.29, 1.82) is 0 Å². The fourth-order valence-corrected chi connectivity index (χ4v) is 2.73. The van der Waals surface area contributed by atoms with E-state index < -0.39 is 29.7 Å². The van der Waals surface area contributed by atoms with Crippen LogP contribution in [0.25, 0.3) is 0 Å². The number of carboxylic acid groups (broad SMARTS) is 1. The minimum atomic E-state index is -1.58. The molecule has 6 nitrogen and oxygen atoms in total. The van der Waals surface area contributed by atoms with E-state index in [1.54, 1.807) is 32.2 Å². The lowest BCUT2D eigenvalue weighted by molar-refractivity contribution is -0.152. The summed E-state index contributed by atoms with van der Waals surface area (Å²) in [6, 6.07) is 3.73. The Labute approximate surface area is 126 Å². The summed E-state index contributed by atoms with van der Waals surface area (Å²) in [6.07, 6.45) is 0. The maximum Gasteiger partial charge on any atom is 0.372 e. The molecule has 0 aromatic heterocycles. The fraction of sp³-hybridized carbons (Fsp3) is 0.357. The number of likely N-dealkylation sites (N-methyl/N-ethyl adjacent to an activating group) is 1. The number of aliphatic carboxylic acids is 1. The molecule has 0 saturated heterocycles.